The summed E-state index contributed by atoms with van der Waals surface area (Å²) in [5, 5.41) is 0. The number of carbonyl (C=O) groups is 1. The Kier molecular flexibility index (Phi) is 5.63. The predicted molar refractivity (Wildman–Crippen MR) is 47.5 cm³/mol. The average molecular weight is 255 g/mol. The molecule has 0 amide bonds. The van der Waals surface area contributed by atoms with E-state index in [2.05, 4.69) is 10.7 Å². The van der Waals surface area contributed by atoms with Crippen LogP contribution in [0.1, 0.15) is 19.3 Å². The normalized spacial score (nSPS) is 10.6. The number of unbranched alkanes of at least 4 members (excludes halogenated alkanes) is 2. The van der Waals surface area contributed by atoms with Crippen molar-refractivity contribution in [3.05, 3.63) is 0 Å². The van der Waals surface area contributed by atoms with E-state index in [1.807, 2.05) is 15.9 Å². The SMILES string of the molecule is C#CCCCCOC(=O)C(F)(F)Br. The van der Waals surface area contributed by atoms with Gasteiger partial charge in [0.2, 0.25) is 0 Å². The Balaban J connectivity index is 3.45. The van der Waals surface area contributed by atoms with Crippen LogP contribution in [-0.4, -0.2) is 17.4 Å². The summed E-state index contributed by atoms with van der Waals surface area (Å²) in [4.78, 5) is 6.85. The van der Waals surface area contributed by atoms with E-state index in [-0.39, 0.29) is 6.61 Å². The maximum atomic E-state index is 12.1. The highest BCUT2D eigenvalue weighted by atomic mass is 79.9. The second-order valence-electron chi connectivity index (χ2n) is 2.29. The van der Waals surface area contributed by atoms with Gasteiger partial charge in [0.15, 0.2) is 0 Å². The molecule has 74 valence electrons. The van der Waals surface area contributed by atoms with Crippen LogP contribution in [0.5, 0.6) is 0 Å². The van der Waals surface area contributed by atoms with Gasteiger partial charge in [-0.25, -0.2) is 4.79 Å². The molecule has 0 aliphatic rings. The van der Waals surface area contributed by atoms with E-state index in [1.54, 1.807) is 0 Å². The van der Waals surface area contributed by atoms with Crippen LogP contribution in [0, 0.1) is 12.3 Å². The van der Waals surface area contributed by atoms with Crippen LogP contribution < -0.4 is 0 Å². The summed E-state index contributed by atoms with van der Waals surface area (Å²) in [6.07, 6.45) is 6.68. The first kappa shape index (κ1) is 12.4. The van der Waals surface area contributed by atoms with Gasteiger partial charge in [-0.1, -0.05) is 0 Å². The zero-order chi connectivity index (χ0) is 10.3. The summed E-state index contributed by atoms with van der Waals surface area (Å²) in [7, 11) is 0. The number of carbonyl (C=O) groups excluding carboxylic acids is 1. The minimum Gasteiger partial charge on any atom is -0.461 e. The molecule has 0 N–H and O–H groups in total. The molecule has 0 aliphatic heterocycles. The third-order valence-corrected chi connectivity index (χ3v) is 1.50. The zero-order valence-electron chi connectivity index (χ0n) is 6.86. The van der Waals surface area contributed by atoms with Crippen molar-refractivity contribution in [3.63, 3.8) is 0 Å². The molecule has 2 nitrogen and oxygen atoms in total. The molecule has 0 aromatic carbocycles. The van der Waals surface area contributed by atoms with Gasteiger partial charge in [0.25, 0.3) is 0 Å². The lowest BCUT2D eigenvalue weighted by molar-refractivity contribution is -0.159. The Hall–Kier alpha value is -0.630. The Bertz CT molecular complexity index is 205. The minimum atomic E-state index is -3.58. The van der Waals surface area contributed by atoms with Crippen molar-refractivity contribution in [1.82, 2.24) is 0 Å². The largest absolute Gasteiger partial charge is 0.461 e. The van der Waals surface area contributed by atoms with Crippen LogP contribution in [0.4, 0.5) is 8.78 Å². The van der Waals surface area contributed by atoms with E-state index < -0.39 is 10.8 Å². The molecule has 0 fully saturated rings. The maximum Gasteiger partial charge on any atom is 0.395 e. The molecular formula is C8H9BrF2O2. The number of rotatable bonds is 5. The second kappa shape index (κ2) is 5.92. The first-order chi connectivity index (χ1) is 5.98. The highest BCUT2D eigenvalue weighted by Gasteiger charge is 2.36. The van der Waals surface area contributed by atoms with E-state index in [0.717, 1.165) is 0 Å². The molecule has 13 heavy (non-hydrogen) atoms. The molecule has 0 spiro atoms. The fourth-order valence-corrected chi connectivity index (χ4v) is 0.690. The summed E-state index contributed by atoms with van der Waals surface area (Å²) < 4.78 is 28.5. The molecular weight excluding hydrogens is 246 g/mol. The van der Waals surface area contributed by atoms with Crippen molar-refractivity contribution in [1.29, 1.82) is 0 Å². The molecule has 0 aromatic rings. The van der Waals surface area contributed by atoms with Crippen LogP contribution in [0.15, 0.2) is 0 Å². The van der Waals surface area contributed by atoms with E-state index >= 15 is 0 Å². The van der Waals surface area contributed by atoms with E-state index in [4.69, 9.17) is 6.42 Å². The van der Waals surface area contributed by atoms with Crippen molar-refractivity contribution >= 4 is 21.9 Å². The Morgan fingerprint density at radius 1 is 1.54 bits per heavy atom. The van der Waals surface area contributed by atoms with Crippen LogP contribution >= 0.6 is 15.9 Å². The summed E-state index contributed by atoms with van der Waals surface area (Å²) in [5.74, 6) is 0.826. The predicted octanol–water partition coefficient (Wildman–Crippen LogP) is 2.32. The van der Waals surface area contributed by atoms with Crippen molar-refractivity contribution in [2.24, 2.45) is 0 Å². The lowest BCUT2D eigenvalue weighted by Gasteiger charge is -2.07. The second-order valence-corrected chi connectivity index (χ2v) is 3.29. The van der Waals surface area contributed by atoms with Gasteiger partial charge in [-0.05, 0) is 12.8 Å². The smallest absolute Gasteiger partial charge is 0.395 e. The quantitative estimate of drug-likeness (QED) is 0.326. The molecule has 0 unspecified atom stereocenters. The monoisotopic (exact) mass is 254 g/mol. The first-order valence-electron chi connectivity index (χ1n) is 3.66. The number of ether oxygens (including phenoxy) is 1. The van der Waals surface area contributed by atoms with E-state index in [0.29, 0.717) is 19.3 Å². The lowest BCUT2D eigenvalue weighted by Crippen LogP contribution is -2.23. The van der Waals surface area contributed by atoms with Crippen molar-refractivity contribution in [2.75, 3.05) is 6.61 Å². The van der Waals surface area contributed by atoms with E-state index in [9.17, 15) is 13.6 Å². The van der Waals surface area contributed by atoms with Gasteiger partial charge in [-0.2, -0.15) is 8.78 Å². The molecule has 0 rings (SSSR count). The Labute approximate surface area is 83.8 Å². The van der Waals surface area contributed by atoms with Crippen LogP contribution in [0.2, 0.25) is 0 Å². The summed E-state index contributed by atoms with van der Waals surface area (Å²) >= 11 is 1.89. The molecule has 5 heteroatoms. The fraction of sp³-hybridized carbons (Fsp3) is 0.625. The lowest BCUT2D eigenvalue weighted by atomic mass is 10.2. The number of terminal acetylenes is 1. The van der Waals surface area contributed by atoms with Crippen LogP contribution in [-0.2, 0) is 9.53 Å². The number of esters is 1. The molecule has 0 bridgehead atoms. The topological polar surface area (TPSA) is 26.3 Å². The molecule has 0 saturated carbocycles. The standard InChI is InChI=1S/C8H9BrF2O2/c1-2-3-4-5-6-13-7(12)8(9,10)11/h1H,3-6H2. The summed E-state index contributed by atoms with van der Waals surface area (Å²) in [6.45, 7) is -0.0261. The van der Waals surface area contributed by atoms with Gasteiger partial charge >= 0.3 is 10.8 Å². The molecule has 0 saturated heterocycles. The highest BCUT2D eigenvalue weighted by molar-refractivity contribution is 9.10. The van der Waals surface area contributed by atoms with Crippen LogP contribution in [0.3, 0.4) is 0 Å². The summed E-state index contributed by atoms with van der Waals surface area (Å²) in [5.41, 5.74) is 0. The molecule has 0 heterocycles. The molecule has 0 radical (unpaired) electrons. The first-order valence-corrected chi connectivity index (χ1v) is 4.45. The Morgan fingerprint density at radius 3 is 2.62 bits per heavy atom. The zero-order valence-corrected chi connectivity index (χ0v) is 8.44. The molecule has 0 aliphatic carbocycles. The summed E-state index contributed by atoms with van der Waals surface area (Å²) in [6, 6.07) is 0. The van der Waals surface area contributed by atoms with Gasteiger partial charge in [-0.3, -0.25) is 0 Å². The van der Waals surface area contributed by atoms with Gasteiger partial charge in [0.05, 0.1) is 6.61 Å². The average Bonchev–Trinajstić information content (AvgIpc) is 2.02. The molecule has 0 atom stereocenters. The fourth-order valence-electron chi connectivity index (χ4n) is 0.576. The number of alkyl halides is 3. The Morgan fingerprint density at radius 2 is 2.15 bits per heavy atom. The molecule has 0 aromatic heterocycles. The van der Waals surface area contributed by atoms with Crippen LogP contribution in [0.25, 0.3) is 0 Å². The van der Waals surface area contributed by atoms with E-state index in [1.165, 1.54) is 0 Å². The maximum absolute atomic E-state index is 12.1. The van der Waals surface area contributed by atoms with Gasteiger partial charge in [0, 0.05) is 22.4 Å². The van der Waals surface area contributed by atoms with Crippen molar-refractivity contribution in [2.45, 2.75) is 24.1 Å². The third-order valence-electron chi connectivity index (χ3n) is 1.18. The third kappa shape index (κ3) is 6.52. The number of hydrogen-bond donors (Lipinski definition) is 0. The van der Waals surface area contributed by atoms with Crippen molar-refractivity contribution in [3.8, 4) is 12.3 Å². The highest BCUT2D eigenvalue weighted by Crippen LogP contribution is 2.23. The van der Waals surface area contributed by atoms with Gasteiger partial charge in [-0.15, -0.1) is 12.3 Å². The van der Waals surface area contributed by atoms with Gasteiger partial charge < -0.3 is 4.74 Å². The minimum absolute atomic E-state index is 0.0261. The number of halogens is 3. The van der Waals surface area contributed by atoms with Crippen molar-refractivity contribution < 1.29 is 18.3 Å². The van der Waals surface area contributed by atoms with Gasteiger partial charge in [0.1, 0.15) is 0 Å². The number of hydrogen-bond acceptors (Lipinski definition) is 2.